The van der Waals surface area contributed by atoms with Crippen molar-refractivity contribution >= 4 is 0 Å². The van der Waals surface area contributed by atoms with Gasteiger partial charge in [0, 0.05) is 12.1 Å². The highest BCUT2D eigenvalue weighted by molar-refractivity contribution is 4.76. The predicted molar refractivity (Wildman–Crippen MR) is 45.6 cm³/mol. The van der Waals surface area contributed by atoms with Crippen LogP contribution in [0.5, 0.6) is 0 Å². The molecule has 0 aromatic carbocycles. The molecule has 1 heterocycles. The Balaban J connectivity index is 2.13. The third-order valence-corrected chi connectivity index (χ3v) is 2.13. The van der Waals surface area contributed by atoms with Crippen LogP contribution in [0.1, 0.15) is 19.8 Å². The minimum absolute atomic E-state index is 0.240. The molecule has 1 rings (SSSR count). The first-order chi connectivity index (χ1) is 5.33. The molecule has 1 aliphatic rings. The second-order valence-corrected chi connectivity index (χ2v) is 3.27. The van der Waals surface area contributed by atoms with E-state index in [1.165, 1.54) is 12.8 Å². The normalized spacial score (nSPS) is 23.5. The Bertz CT molecular complexity index is 102. The van der Waals surface area contributed by atoms with Crippen LogP contribution in [0.3, 0.4) is 0 Å². The Morgan fingerprint density at radius 1 is 1.55 bits per heavy atom. The first-order valence-electron chi connectivity index (χ1n) is 4.40. The van der Waals surface area contributed by atoms with Gasteiger partial charge in [0.05, 0.1) is 6.61 Å². The minimum atomic E-state index is 0.240. The van der Waals surface area contributed by atoms with Crippen LogP contribution >= 0.6 is 0 Å². The van der Waals surface area contributed by atoms with Crippen molar-refractivity contribution in [3.8, 4) is 0 Å². The fourth-order valence-electron chi connectivity index (χ4n) is 1.44. The fraction of sp³-hybridized carbons (Fsp3) is 1.00. The van der Waals surface area contributed by atoms with E-state index in [4.69, 9.17) is 5.11 Å². The lowest BCUT2D eigenvalue weighted by Crippen LogP contribution is -2.44. The molecule has 0 unspecified atom stereocenters. The molecule has 0 saturated carbocycles. The average molecular weight is 158 g/mol. The van der Waals surface area contributed by atoms with Gasteiger partial charge in [0.25, 0.3) is 0 Å². The van der Waals surface area contributed by atoms with E-state index in [1.807, 2.05) is 6.92 Å². The number of nitrogens with one attached hydrogen (secondary N) is 2. The van der Waals surface area contributed by atoms with Crippen LogP contribution in [0.25, 0.3) is 0 Å². The monoisotopic (exact) mass is 158 g/mol. The first kappa shape index (κ1) is 8.97. The SMILES string of the molecule is C[C@H](CO)NC1CCNCC1. The highest BCUT2D eigenvalue weighted by atomic mass is 16.3. The number of piperidine rings is 1. The molecule has 0 aliphatic carbocycles. The van der Waals surface area contributed by atoms with Gasteiger partial charge in [-0.3, -0.25) is 0 Å². The molecule has 66 valence electrons. The molecule has 0 aromatic heterocycles. The van der Waals surface area contributed by atoms with E-state index < -0.39 is 0 Å². The number of hydrogen-bond donors (Lipinski definition) is 3. The maximum Gasteiger partial charge on any atom is 0.0582 e. The van der Waals surface area contributed by atoms with Crippen molar-refractivity contribution in [3.05, 3.63) is 0 Å². The van der Waals surface area contributed by atoms with Gasteiger partial charge in [-0.1, -0.05) is 0 Å². The molecule has 0 spiro atoms. The summed E-state index contributed by atoms with van der Waals surface area (Å²) in [5.74, 6) is 0. The quantitative estimate of drug-likeness (QED) is 0.529. The van der Waals surface area contributed by atoms with Gasteiger partial charge in [-0.25, -0.2) is 0 Å². The molecule has 11 heavy (non-hydrogen) atoms. The summed E-state index contributed by atoms with van der Waals surface area (Å²) >= 11 is 0. The van der Waals surface area contributed by atoms with E-state index in [0.29, 0.717) is 6.04 Å². The number of aliphatic hydroxyl groups excluding tert-OH is 1. The van der Waals surface area contributed by atoms with E-state index in [9.17, 15) is 0 Å². The Kier molecular flexibility index (Phi) is 3.83. The molecule has 0 amide bonds. The van der Waals surface area contributed by atoms with Crippen molar-refractivity contribution in [2.75, 3.05) is 19.7 Å². The standard InChI is InChI=1S/C8H18N2O/c1-7(6-11)10-8-2-4-9-5-3-8/h7-11H,2-6H2,1H3/t7-/m1/s1. The molecule has 0 bridgehead atoms. The molecule has 1 fully saturated rings. The van der Waals surface area contributed by atoms with Gasteiger partial charge in [0.2, 0.25) is 0 Å². The van der Waals surface area contributed by atoms with Gasteiger partial charge in [-0.15, -0.1) is 0 Å². The predicted octanol–water partition coefficient (Wildman–Crippen LogP) is -0.291. The van der Waals surface area contributed by atoms with Crippen LogP contribution in [-0.2, 0) is 0 Å². The topological polar surface area (TPSA) is 44.3 Å². The first-order valence-corrected chi connectivity index (χ1v) is 4.40. The molecule has 0 aromatic rings. The smallest absolute Gasteiger partial charge is 0.0582 e. The van der Waals surface area contributed by atoms with Crippen molar-refractivity contribution in [1.82, 2.24) is 10.6 Å². The molecule has 0 radical (unpaired) electrons. The molecule has 1 aliphatic heterocycles. The maximum absolute atomic E-state index is 8.79. The summed E-state index contributed by atoms with van der Waals surface area (Å²) in [6.45, 7) is 4.47. The molecular weight excluding hydrogens is 140 g/mol. The summed E-state index contributed by atoms with van der Waals surface area (Å²) in [5.41, 5.74) is 0. The molecule has 3 N–H and O–H groups in total. The zero-order valence-corrected chi connectivity index (χ0v) is 7.14. The summed E-state index contributed by atoms with van der Waals surface area (Å²) in [4.78, 5) is 0. The summed E-state index contributed by atoms with van der Waals surface area (Å²) in [5, 5.41) is 15.5. The summed E-state index contributed by atoms with van der Waals surface area (Å²) < 4.78 is 0. The van der Waals surface area contributed by atoms with Crippen molar-refractivity contribution in [1.29, 1.82) is 0 Å². The van der Waals surface area contributed by atoms with E-state index in [2.05, 4.69) is 10.6 Å². The zero-order chi connectivity index (χ0) is 8.10. The van der Waals surface area contributed by atoms with Gasteiger partial charge >= 0.3 is 0 Å². The highest BCUT2D eigenvalue weighted by Crippen LogP contribution is 2.02. The van der Waals surface area contributed by atoms with Crippen LogP contribution < -0.4 is 10.6 Å². The van der Waals surface area contributed by atoms with E-state index in [0.717, 1.165) is 13.1 Å². The van der Waals surface area contributed by atoms with Crippen LogP contribution in [-0.4, -0.2) is 36.9 Å². The lowest BCUT2D eigenvalue weighted by Gasteiger charge is -2.26. The highest BCUT2D eigenvalue weighted by Gasteiger charge is 2.13. The summed E-state index contributed by atoms with van der Waals surface area (Å²) in [6, 6.07) is 0.858. The molecular formula is C8H18N2O. The Labute approximate surface area is 68.2 Å². The van der Waals surface area contributed by atoms with E-state index in [-0.39, 0.29) is 12.6 Å². The molecule has 1 saturated heterocycles. The second-order valence-electron chi connectivity index (χ2n) is 3.27. The maximum atomic E-state index is 8.79. The third-order valence-electron chi connectivity index (χ3n) is 2.13. The van der Waals surface area contributed by atoms with Gasteiger partial charge in [0.15, 0.2) is 0 Å². The van der Waals surface area contributed by atoms with Crippen LogP contribution in [0, 0.1) is 0 Å². The minimum Gasteiger partial charge on any atom is -0.395 e. The average Bonchev–Trinajstić information content (AvgIpc) is 2.06. The summed E-state index contributed by atoms with van der Waals surface area (Å²) in [6.07, 6.45) is 2.37. The van der Waals surface area contributed by atoms with Crippen LogP contribution in [0.4, 0.5) is 0 Å². The van der Waals surface area contributed by atoms with Gasteiger partial charge < -0.3 is 15.7 Å². The lowest BCUT2D eigenvalue weighted by molar-refractivity contribution is 0.230. The Hall–Kier alpha value is -0.120. The zero-order valence-electron chi connectivity index (χ0n) is 7.14. The van der Waals surface area contributed by atoms with Crippen molar-refractivity contribution in [2.45, 2.75) is 31.8 Å². The largest absolute Gasteiger partial charge is 0.395 e. The fourth-order valence-corrected chi connectivity index (χ4v) is 1.44. The van der Waals surface area contributed by atoms with Crippen LogP contribution in [0.2, 0.25) is 0 Å². The van der Waals surface area contributed by atoms with Gasteiger partial charge in [0.1, 0.15) is 0 Å². The Morgan fingerprint density at radius 3 is 2.73 bits per heavy atom. The van der Waals surface area contributed by atoms with E-state index in [1.54, 1.807) is 0 Å². The number of hydrogen-bond acceptors (Lipinski definition) is 3. The van der Waals surface area contributed by atoms with Gasteiger partial charge in [-0.2, -0.15) is 0 Å². The summed E-state index contributed by atoms with van der Waals surface area (Å²) in [7, 11) is 0. The Morgan fingerprint density at radius 2 is 2.18 bits per heavy atom. The van der Waals surface area contributed by atoms with Crippen LogP contribution in [0.15, 0.2) is 0 Å². The third kappa shape index (κ3) is 3.18. The van der Waals surface area contributed by atoms with Crippen molar-refractivity contribution in [2.24, 2.45) is 0 Å². The number of rotatable bonds is 3. The second kappa shape index (κ2) is 4.70. The molecule has 3 heteroatoms. The van der Waals surface area contributed by atoms with Gasteiger partial charge in [-0.05, 0) is 32.9 Å². The van der Waals surface area contributed by atoms with Crippen molar-refractivity contribution < 1.29 is 5.11 Å². The molecule has 3 nitrogen and oxygen atoms in total. The number of aliphatic hydroxyl groups is 1. The molecule has 1 atom stereocenters. The lowest BCUT2D eigenvalue weighted by atomic mass is 10.1. The van der Waals surface area contributed by atoms with E-state index >= 15 is 0 Å². The van der Waals surface area contributed by atoms with Crippen molar-refractivity contribution in [3.63, 3.8) is 0 Å².